The maximum atomic E-state index is 6.50. The summed E-state index contributed by atoms with van der Waals surface area (Å²) in [6.45, 7) is 8.57. The number of benzene rings is 1. The molecule has 0 fully saturated rings. The predicted octanol–water partition coefficient (Wildman–Crippen LogP) is 5.66. The summed E-state index contributed by atoms with van der Waals surface area (Å²) in [7, 11) is 0. The van der Waals surface area contributed by atoms with Crippen LogP contribution in [0, 0.1) is 6.92 Å². The standard InChI is InChI=1S/C14H16ClNS2/c1-9-8-17-13(16-9)10-6-5-7-11(12(10)15)18-14(2,3)4/h5-8H,1-4H3. The van der Waals surface area contributed by atoms with Crippen LogP contribution in [0.5, 0.6) is 0 Å². The van der Waals surface area contributed by atoms with Gasteiger partial charge in [-0.3, -0.25) is 0 Å². The zero-order valence-corrected chi connectivity index (χ0v) is 13.3. The summed E-state index contributed by atoms with van der Waals surface area (Å²) >= 11 is 9.93. The van der Waals surface area contributed by atoms with Gasteiger partial charge in [-0.2, -0.15) is 0 Å². The summed E-state index contributed by atoms with van der Waals surface area (Å²) in [4.78, 5) is 5.62. The van der Waals surface area contributed by atoms with Gasteiger partial charge in [-0.25, -0.2) is 4.98 Å². The highest BCUT2D eigenvalue weighted by atomic mass is 35.5. The SMILES string of the molecule is Cc1csc(-c2cccc(SC(C)(C)C)c2Cl)n1. The van der Waals surface area contributed by atoms with E-state index in [1.807, 2.05) is 19.1 Å². The third-order valence-corrected chi connectivity index (χ3v) is 4.91. The number of halogens is 1. The van der Waals surface area contributed by atoms with Crippen LogP contribution in [0.1, 0.15) is 26.5 Å². The molecule has 1 aromatic heterocycles. The van der Waals surface area contributed by atoms with Crippen molar-refractivity contribution in [2.45, 2.75) is 37.3 Å². The molecule has 0 bridgehead atoms. The minimum atomic E-state index is 0.154. The molecule has 0 spiro atoms. The molecular formula is C14H16ClNS2. The summed E-state index contributed by atoms with van der Waals surface area (Å²) in [5, 5.41) is 3.86. The molecule has 2 aromatic rings. The number of aromatic nitrogens is 1. The van der Waals surface area contributed by atoms with Crippen LogP contribution in [0.2, 0.25) is 5.02 Å². The molecule has 1 aromatic carbocycles. The van der Waals surface area contributed by atoms with Gasteiger partial charge in [0.15, 0.2) is 0 Å². The molecule has 0 saturated heterocycles. The number of hydrogen-bond donors (Lipinski definition) is 0. The number of thiazole rings is 1. The van der Waals surface area contributed by atoms with E-state index in [0.29, 0.717) is 0 Å². The van der Waals surface area contributed by atoms with E-state index in [2.05, 4.69) is 37.2 Å². The number of thioether (sulfide) groups is 1. The van der Waals surface area contributed by atoms with Crippen molar-refractivity contribution in [1.82, 2.24) is 4.98 Å². The Balaban J connectivity index is 2.42. The van der Waals surface area contributed by atoms with Crippen LogP contribution in [-0.4, -0.2) is 9.73 Å². The second-order valence-corrected chi connectivity index (χ2v) is 8.23. The Bertz CT molecular complexity index is 555. The van der Waals surface area contributed by atoms with Crippen molar-refractivity contribution in [3.8, 4) is 10.6 Å². The number of hydrogen-bond acceptors (Lipinski definition) is 3. The van der Waals surface area contributed by atoms with Crippen molar-refractivity contribution in [1.29, 1.82) is 0 Å². The molecule has 18 heavy (non-hydrogen) atoms. The largest absolute Gasteiger partial charge is 0.241 e. The van der Waals surface area contributed by atoms with Crippen molar-refractivity contribution in [3.63, 3.8) is 0 Å². The normalized spacial score (nSPS) is 11.8. The van der Waals surface area contributed by atoms with Gasteiger partial charge in [0.1, 0.15) is 5.01 Å². The molecule has 4 heteroatoms. The van der Waals surface area contributed by atoms with Crippen LogP contribution in [0.15, 0.2) is 28.5 Å². The van der Waals surface area contributed by atoms with E-state index < -0.39 is 0 Å². The molecule has 0 radical (unpaired) electrons. The van der Waals surface area contributed by atoms with Crippen molar-refractivity contribution < 1.29 is 0 Å². The van der Waals surface area contributed by atoms with Crippen molar-refractivity contribution in [3.05, 3.63) is 34.3 Å². The highest BCUT2D eigenvalue weighted by Crippen LogP contribution is 2.41. The van der Waals surface area contributed by atoms with Gasteiger partial charge in [0.2, 0.25) is 0 Å². The van der Waals surface area contributed by atoms with Crippen LogP contribution in [0.4, 0.5) is 0 Å². The minimum absolute atomic E-state index is 0.154. The molecule has 2 rings (SSSR count). The van der Waals surface area contributed by atoms with E-state index in [1.165, 1.54) is 0 Å². The first-order valence-electron chi connectivity index (χ1n) is 5.77. The number of rotatable bonds is 2. The molecule has 0 N–H and O–H groups in total. The first-order valence-corrected chi connectivity index (χ1v) is 7.84. The second-order valence-electron chi connectivity index (χ2n) is 5.13. The predicted molar refractivity (Wildman–Crippen MR) is 82.9 cm³/mol. The zero-order chi connectivity index (χ0) is 13.3. The highest BCUT2D eigenvalue weighted by Gasteiger charge is 2.17. The fraction of sp³-hybridized carbons (Fsp3) is 0.357. The maximum absolute atomic E-state index is 6.50. The quantitative estimate of drug-likeness (QED) is 0.663. The Morgan fingerprint density at radius 3 is 2.56 bits per heavy atom. The van der Waals surface area contributed by atoms with E-state index in [9.17, 15) is 0 Å². The average molecular weight is 298 g/mol. The van der Waals surface area contributed by atoms with E-state index in [0.717, 1.165) is 26.2 Å². The first-order chi connectivity index (χ1) is 8.37. The minimum Gasteiger partial charge on any atom is -0.241 e. The fourth-order valence-electron chi connectivity index (χ4n) is 1.56. The van der Waals surface area contributed by atoms with Crippen LogP contribution in [0.3, 0.4) is 0 Å². The molecule has 0 aliphatic carbocycles. The molecule has 0 saturated carbocycles. The van der Waals surface area contributed by atoms with Crippen LogP contribution in [-0.2, 0) is 0 Å². The van der Waals surface area contributed by atoms with E-state index >= 15 is 0 Å². The smallest absolute Gasteiger partial charge is 0.125 e. The van der Waals surface area contributed by atoms with E-state index in [-0.39, 0.29) is 4.75 Å². The Morgan fingerprint density at radius 1 is 1.28 bits per heavy atom. The van der Waals surface area contributed by atoms with E-state index in [4.69, 9.17) is 11.6 Å². The number of nitrogens with zero attached hydrogens (tertiary/aromatic N) is 1. The fourth-order valence-corrected chi connectivity index (χ4v) is 3.78. The molecule has 1 heterocycles. The van der Waals surface area contributed by atoms with Gasteiger partial charge in [-0.05, 0) is 13.0 Å². The first kappa shape index (κ1) is 13.9. The maximum Gasteiger partial charge on any atom is 0.125 e. The molecule has 0 aliphatic heterocycles. The van der Waals surface area contributed by atoms with Gasteiger partial charge in [-0.1, -0.05) is 44.5 Å². The number of aryl methyl sites for hydroxylation is 1. The topological polar surface area (TPSA) is 12.9 Å². The Kier molecular flexibility index (Phi) is 4.05. The van der Waals surface area contributed by atoms with Crippen LogP contribution >= 0.6 is 34.7 Å². The molecule has 0 aliphatic rings. The third-order valence-electron chi connectivity index (χ3n) is 2.23. The average Bonchev–Trinajstić information content (AvgIpc) is 2.66. The lowest BCUT2D eigenvalue weighted by atomic mass is 10.2. The Labute approximate surface area is 122 Å². The highest BCUT2D eigenvalue weighted by molar-refractivity contribution is 8.00. The van der Waals surface area contributed by atoms with Crippen LogP contribution in [0.25, 0.3) is 10.6 Å². The molecule has 96 valence electrons. The van der Waals surface area contributed by atoms with Crippen molar-refractivity contribution >= 4 is 34.7 Å². The monoisotopic (exact) mass is 297 g/mol. The molecule has 0 atom stereocenters. The molecule has 0 unspecified atom stereocenters. The molecular weight excluding hydrogens is 282 g/mol. The third kappa shape index (κ3) is 3.28. The van der Waals surface area contributed by atoms with Gasteiger partial charge in [0.25, 0.3) is 0 Å². The van der Waals surface area contributed by atoms with Crippen LogP contribution < -0.4 is 0 Å². The summed E-state index contributed by atoms with van der Waals surface area (Å²) in [5.74, 6) is 0. The Morgan fingerprint density at radius 2 is 2.00 bits per heavy atom. The lowest BCUT2D eigenvalue weighted by Gasteiger charge is -2.19. The lowest BCUT2D eigenvalue weighted by Crippen LogP contribution is -2.06. The van der Waals surface area contributed by atoms with Crippen molar-refractivity contribution in [2.75, 3.05) is 0 Å². The zero-order valence-electron chi connectivity index (χ0n) is 11.0. The Hall–Kier alpha value is -0.510. The van der Waals surface area contributed by atoms with Gasteiger partial charge < -0.3 is 0 Å². The van der Waals surface area contributed by atoms with E-state index in [1.54, 1.807) is 23.1 Å². The summed E-state index contributed by atoms with van der Waals surface area (Å²) < 4.78 is 0.154. The summed E-state index contributed by atoms with van der Waals surface area (Å²) in [6, 6.07) is 6.15. The van der Waals surface area contributed by atoms with Gasteiger partial charge in [0.05, 0.1) is 5.02 Å². The second kappa shape index (κ2) is 5.24. The van der Waals surface area contributed by atoms with Gasteiger partial charge in [-0.15, -0.1) is 23.1 Å². The van der Waals surface area contributed by atoms with Crippen molar-refractivity contribution in [2.24, 2.45) is 0 Å². The molecule has 1 nitrogen and oxygen atoms in total. The summed E-state index contributed by atoms with van der Waals surface area (Å²) in [6.07, 6.45) is 0. The van der Waals surface area contributed by atoms with Gasteiger partial charge in [0, 0.05) is 26.3 Å². The molecule has 0 amide bonds. The summed E-state index contributed by atoms with van der Waals surface area (Å²) in [5.41, 5.74) is 2.07. The lowest BCUT2D eigenvalue weighted by molar-refractivity contribution is 0.803. The van der Waals surface area contributed by atoms with Gasteiger partial charge >= 0.3 is 0 Å².